The second-order valence-electron chi connectivity index (χ2n) is 4.00. The molecule has 0 aliphatic rings. The minimum absolute atomic E-state index is 1.10. The van der Waals surface area contributed by atoms with Crippen molar-refractivity contribution >= 4 is 10.9 Å². The summed E-state index contributed by atoms with van der Waals surface area (Å²) in [4.78, 5) is 4.60. The highest BCUT2D eigenvalue weighted by molar-refractivity contribution is 5.87. The number of fused-ring (bicyclic) bond motifs is 1. The lowest BCUT2D eigenvalue weighted by Crippen LogP contribution is -1.92. The molecular weight excluding hydrogens is 170 g/mol. The Morgan fingerprint density at radius 3 is 2.21 bits per heavy atom. The normalized spacial score (nSPS) is 10.9. The van der Waals surface area contributed by atoms with Crippen molar-refractivity contribution in [2.24, 2.45) is 0 Å². The van der Waals surface area contributed by atoms with Crippen molar-refractivity contribution in [1.29, 1.82) is 0 Å². The van der Waals surface area contributed by atoms with Gasteiger partial charge in [0, 0.05) is 11.1 Å². The SMILES string of the molecule is Cc1cc(C)c2c(C)ccc(C)c2n1. The van der Waals surface area contributed by atoms with Gasteiger partial charge < -0.3 is 0 Å². The van der Waals surface area contributed by atoms with Crippen LogP contribution in [0.5, 0.6) is 0 Å². The van der Waals surface area contributed by atoms with Crippen molar-refractivity contribution in [3.63, 3.8) is 0 Å². The molecule has 0 radical (unpaired) electrons. The maximum Gasteiger partial charge on any atom is 0.0739 e. The van der Waals surface area contributed by atoms with Crippen LogP contribution < -0.4 is 0 Å². The standard InChI is InChI=1S/C13H15N/c1-8-5-6-9(2)13-12(8)10(3)7-11(4)14-13/h5-7H,1-4H3. The van der Waals surface area contributed by atoms with Gasteiger partial charge in [0.1, 0.15) is 0 Å². The first-order valence-corrected chi connectivity index (χ1v) is 4.94. The highest BCUT2D eigenvalue weighted by atomic mass is 14.7. The Hall–Kier alpha value is -1.37. The molecule has 0 aliphatic heterocycles. The highest BCUT2D eigenvalue weighted by Gasteiger charge is 2.05. The third-order valence-electron chi connectivity index (χ3n) is 2.70. The van der Waals surface area contributed by atoms with Gasteiger partial charge in [0.2, 0.25) is 0 Å². The highest BCUT2D eigenvalue weighted by Crippen LogP contribution is 2.24. The molecule has 0 saturated heterocycles. The Morgan fingerprint density at radius 2 is 1.50 bits per heavy atom. The Morgan fingerprint density at radius 1 is 0.857 bits per heavy atom. The fourth-order valence-corrected chi connectivity index (χ4v) is 2.03. The lowest BCUT2D eigenvalue weighted by Gasteiger charge is -2.08. The summed E-state index contributed by atoms with van der Waals surface area (Å²) in [7, 11) is 0. The van der Waals surface area contributed by atoms with Crippen LogP contribution in [0.15, 0.2) is 18.2 Å². The van der Waals surface area contributed by atoms with Gasteiger partial charge in [-0.15, -0.1) is 0 Å². The van der Waals surface area contributed by atoms with Gasteiger partial charge in [0.15, 0.2) is 0 Å². The number of nitrogens with zero attached hydrogens (tertiary/aromatic N) is 1. The number of hydrogen-bond acceptors (Lipinski definition) is 1. The van der Waals surface area contributed by atoms with E-state index in [1.807, 2.05) is 6.92 Å². The van der Waals surface area contributed by atoms with E-state index in [9.17, 15) is 0 Å². The van der Waals surface area contributed by atoms with Crippen LogP contribution in [0.4, 0.5) is 0 Å². The van der Waals surface area contributed by atoms with Gasteiger partial charge in [-0.2, -0.15) is 0 Å². The second-order valence-corrected chi connectivity index (χ2v) is 4.00. The van der Waals surface area contributed by atoms with Crippen molar-refractivity contribution in [3.8, 4) is 0 Å². The van der Waals surface area contributed by atoms with E-state index >= 15 is 0 Å². The van der Waals surface area contributed by atoms with Crippen LogP contribution in [-0.4, -0.2) is 4.98 Å². The van der Waals surface area contributed by atoms with Crippen LogP contribution in [0.1, 0.15) is 22.4 Å². The first-order valence-electron chi connectivity index (χ1n) is 4.94. The molecule has 1 heteroatoms. The average Bonchev–Trinajstić information content (AvgIpc) is 2.10. The van der Waals surface area contributed by atoms with Crippen molar-refractivity contribution in [1.82, 2.24) is 4.98 Å². The van der Waals surface area contributed by atoms with E-state index in [0.29, 0.717) is 0 Å². The number of aryl methyl sites for hydroxylation is 4. The first-order chi connectivity index (χ1) is 6.59. The fourth-order valence-electron chi connectivity index (χ4n) is 2.03. The van der Waals surface area contributed by atoms with Crippen LogP contribution in [0.25, 0.3) is 10.9 Å². The lowest BCUT2D eigenvalue weighted by molar-refractivity contribution is 1.21. The topological polar surface area (TPSA) is 12.9 Å². The molecule has 1 heterocycles. The van der Waals surface area contributed by atoms with Gasteiger partial charge in [-0.05, 0) is 50.5 Å². The Labute approximate surface area is 84.8 Å². The molecule has 0 spiro atoms. The molecule has 14 heavy (non-hydrogen) atoms. The van der Waals surface area contributed by atoms with Crippen LogP contribution in [0.2, 0.25) is 0 Å². The minimum Gasteiger partial charge on any atom is -0.253 e. The average molecular weight is 185 g/mol. The van der Waals surface area contributed by atoms with Crippen LogP contribution in [-0.2, 0) is 0 Å². The van der Waals surface area contributed by atoms with Gasteiger partial charge >= 0.3 is 0 Å². The van der Waals surface area contributed by atoms with Crippen LogP contribution in [0, 0.1) is 27.7 Å². The van der Waals surface area contributed by atoms with Gasteiger partial charge in [-0.25, -0.2) is 0 Å². The molecule has 0 amide bonds. The number of rotatable bonds is 0. The molecule has 1 aromatic carbocycles. The fraction of sp³-hybridized carbons (Fsp3) is 0.308. The summed E-state index contributed by atoms with van der Waals surface area (Å²) in [5.74, 6) is 0. The molecule has 0 saturated carbocycles. The Balaban J connectivity index is 3.00. The van der Waals surface area contributed by atoms with Crippen LogP contribution >= 0.6 is 0 Å². The van der Waals surface area contributed by atoms with E-state index in [2.05, 4.69) is 44.0 Å². The quantitative estimate of drug-likeness (QED) is 0.612. The molecular formula is C13H15N. The predicted octanol–water partition coefficient (Wildman–Crippen LogP) is 3.47. The summed E-state index contributed by atoms with van der Waals surface area (Å²) in [5.41, 5.74) is 6.16. The van der Waals surface area contributed by atoms with E-state index < -0.39 is 0 Å². The number of benzene rings is 1. The zero-order chi connectivity index (χ0) is 10.3. The van der Waals surface area contributed by atoms with E-state index in [4.69, 9.17) is 0 Å². The van der Waals surface area contributed by atoms with Crippen molar-refractivity contribution in [2.75, 3.05) is 0 Å². The Bertz CT molecular complexity index is 498. The molecule has 0 bridgehead atoms. The van der Waals surface area contributed by atoms with Gasteiger partial charge in [0.25, 0.3) is 0 Å². The number of hydrogen-bond donors (Lipinski definition) is 0. The summed E-state index contributed by atoms with van der Waals surface area (Å²) in [6.07, 6.45) is 0. The van der Waals surface area contributed by atoms with E-state index in [1.165, 1.54) is 22.1 Å². The molecule has 0 fully saturated rings. The zero-order valence-electron chi connectivity index (χ0n) is 9.18. The van der Waals surface area contributed by atoms with Gasteiger partial charge in [-0.1, -0.05) is 12.1 Å². The molecule has 1 aromatic heterocycles. The zero-order valence-corrected chi connectivity index (χ0v) is 9.18. The largest absolute Gasteiger partial charge is 0.253 e. The van der Waals surface area contributed by atoms with Gasteiger partial charge in [-0.3, -0.25) is 4.98 Å². The predicted molar refractivity (Wildman–Crippen MR) is 60.7 cm³/mol. The van der Waals surface area contributed by atoms with Crippen molar-refractivity contribution in [3.05, 3.63) is 40.6 Å². The molecule has 0 N–H and O–H groups in total. The lowest BCUT2D eigenvalue weighted by atomic mass is 10.0. The Kier molecular flexibility index (Phi) is 2.03. The molecule has 2 rings (SSSR count). The molecule has 0 atom stereocenters. The number of aromatic nitrogens is 1. The number of pyridine rings is 1. The van der Waals surface area contributed by atoms with E-state index in [-0.39, 0.29) is 0 Å². The molecule has 2 aromatic rings. The van der Waals surface area contributed by atoms with Crippen LogP contribution in [0.3, 0.4) is 0 Å². The van der Waals surface area contributed by atoms with Gasteiger partial charge in [0.05, 0.1) is 5.52 Å². The third-order valence-corrected chi connectivity index (χ3v) is 2.70. The molecule has 1 nitrogen and oxygen atoms in total. The second kappa shape index (κ2) is 3.09. The summed E-state index contributed by atoms with van der Waals surface area (Å²) in [6.45, 7) is 8.47. The smallest absolute Gasteiger partial charge is 0.0739 e. The van der Waals surface area contributed by atoms with Crippen molar-refractivity contribution in [2.45, 2.75) is 27.7 Å². The van der Waals surface area contributed by atoms with E-state index in [0.717, 1.165) is 11.2 Å². The summed E-state index contributed by atoms with van der Waals surface area (Å²) in [5, 5.41) is 1.32. The summed E-state index contributed by atoms with van der Waals surface area (Å²) in [6, 6.07) is 6.46. The third kappa shape index (κ3) is 1.29. The van der Waals surface area contributed by atoms with Crippen molar-refractivity contribution < 1.29 is 0 Å². The summed E-state index contributed by atoms with van der Waals surface area (Å²) < 4.78 is 0. The molecule has 72 valence electrons. The summed E-state index contributed by atoms with van der Waals surface area (Å²) >= 11 is 0. The first kappa shape index (κ1) is 9.20. The molecule has 0 unspecified atom stereocenters. The monoisotopic (exact) mass is 185 g/mol. The maximum atomic E-state index is 4.60. The molecule has 0 aliphatic carbocycles. The maximum absolute atomic E-state index is 4.60. The van der Waals surface area contributed by atoms with E-state index in [1.54, 1.807) is 0 Å². The minimum atomic E-state index is 1.10.